The summed E-state index contributed by atoms with van der Waals surface area (Å²) in [6, 6.07) is 16.5. The Morgan fingerprint density at radius 3 is 2.59 bits per heavy atom. The van der Waals surface area contributed by atoms with E-state index in [0.29, 0.717) is 46.6 Å². The first-order valence-electron chi connectivity index (χ1n) is 10.3. The fourth-order valence-electron chi connectivity index (χ4n) is 2.91. The molecule has 0 radical (unpaired) electrons. The number of pyridine rings is 1. The van der Waals surface area contributed by atoms with E-state index in [4.69, 9.17) is 33.2 Å². The maximum atomic E-state index is 12.3. The Labute approximate surface area is 206 Å². The van der Waals surface area contributed by atoms with Crippen molar-refractivity contribution >= 4 is 46.6 Å². The highest BCUT2D eigenvalue weighted by Gasteiger charge is 2.10. The highest BCUT2D eigenvalue weighted by molar-refractivity contribution is 6.31. The van der Waals surface area contributed by atoms with E-state index in [9.17, 15) is 9.59 Å². The molecule has 0 fully saturated rings. The number of hydrogen-bond acceptors (Lipinski definition) is 5. The number of nitrogens with zero attached hydrogens (tertiary/aromatic N) is 2. The van der Waals surface area contributed by atoms with Crippen molar-refractivity contribution < 1.29 is 14.3 Å². The average molecular weight is 498 g/mol. The highest BCUT2D eigenvalue weighted by atomic mass is 35.5. The summed E-state index contributed by atoms with van der Waals surface area (Å²) in [7, 11) is 0. The van der Waals surface area contributed by atoms with Crippen molar-refractivity contribution in [3.05, 3.63) is 82.0 Å². The highest BCUT2D eigenvalue weighted by Crippen LogP contribution is 2.28. The fraction of sp³-hybridized carbons (Fsp3) is 0.167. The Bertz CT molecular complexity index is 1200. The Kier molecular flexibility index (Phi) is 9.09. The molecule has 0 saturated heterocycles. The van der Waals surface area contributed by atoms with Gasteiger partial charge in [-0.2, -0.15) is 5.26 Å². The number of benzene rings is 2. The second kappa shape index (κ2) is 12.4. The van der Waals surface area contributed by atoms with E-state index in [1.165, 1.54) is 12.3 Å². The van der Waals surface area contributed by atoms with Crippen molar-refractivity contribution in [3.8, 4) is 11.8 Å². The number of carbonyl (C=O) groups is 2. The van der Waals surface area contributed by atoms with Gasteiger partial charge in [0.15, 0.2) is 0 Å². The molecule has 0 unspecified atom stereocenters. The molecule has 34 heavy (non-hydrogen) atoms. The topological polar surface area (TPSA) is 116 Å². The molecule has 3 rings (SSSR count). The van der Waals surface area contributed by atoms with E-state index in [0.717, 1.165) is 5.56 Å². The zero-order valence-corrected chi connectivity index (χ0v) is 19.5. The van der Waals surface area contributed by atoms with Gasteiger partial charge in [0.25, 0.3) is 0 Å². The predicted octanol–water partition coefficient (Wildman–Crippen LogP) is 5.03. The second-order valence-corrected chi connectivity index (χ2v) is 8.00. The Morgan fingerprint density at radius 1 is 1.03 bits per heavy atom. The van der Waals surface area contributed by atoms with E-state index in [1.54, 1.807) is 42.5 Å². The first kappa shape index (κ1) is 24.8. The third-order valence-electron chi connectivity index (χ3n) is 4.48. The number of amides is 3. The lowest BCUT2D eigenvalue weighted by atomic mass is 10.1. The number of ether oxygens (including phenoxy) is 1. The van der Waals surface area contributed by atoms with Crippen LogP contribution < -0.4 is 20.7 Å². The number of carbonyl (C=O) groups excluding carboxylic acids is 2. The zero-order valence-electron chi connectivity index (χ0n) is 18.0. The summed E-state index contributed by atoms with van der Waals surface area (Å²) in [5, 5.41) is 17.9. The number of rotatable bonds is 9. The summed E-state index contributed by atoms with van der Waals surface area (Å²) in [5.41, 5.74) is 1.60. The Morgan fingerprint density at radius 2 is 1.85 bits per heavy atom. The second-order valence-electron chi connectivity index (χ2n) is 7.12. The van der Waals surface area contributed by atoms with Gasteiger partial charge in [0, 0.05) is 22.8 Å². The van der Waals surface area contributed by atoms with E-state index < -0.39 is 6.03 Å². The molecule has 8 nitrogen and oxygen atoms in total. The van der Waals surface area contributed by atoms with Gasteiger partial charge in [-0.1, -0.05) is 35.3 Å². The molecule has 0 atom stereocenters. The minimum absolute atomic E-state index is 0.107. The number of halogens is 2. The number of aromatic nitrogens is 1. The lowest BCUT2D eigenvalue weighted by Gasteiger charge is -2.14. The molecule has 0 bridgehead atoms. The van der Waals surface area contributed by atoms with Crippen LogP contribution in [-0.2, 0) is 11.2 Å². The SMILES string of the molecule is N#Cc1ccc(NC(=O)Nc2cc(Cl)ccc2OCCCNC(=O)Cc2cccc(Cl)c2)nc1. The minimum Gasteiger partial charge on any atom is -0.491 e. The average Bonchev–Trinajstić information content (AvgIpc) is 2.80. The Hall–Kier alpha value is -3.80. The first-order chi connectivity index (χ1) is 16.4. The van der Waals surface area contributed by atoms with Gasteiger partial charge in [0.05, 0.1) is 24.3 Å². The molecule has 2 aromatic carbocycles. The summed E-state index contributed by atoms with van der Waals surface area (Å²) in [5.74, 6) is 0.608. The summed E-state index contributed by atoms with van der Waals surface area (Å²) < 4.78 is 5.77. The number of anilines is 2. The summed E-state index contributed by atoms with van der Waals surface area (Å²) >= 11 is 12.0. The van der Waals surface area contributed by atoms with Crippen LogP contribution in [0.3, 0.4) is 0 Å². The first-order valence-corrected chi connectivity index (χ1v) is 11.1. The van der Waals surface area contributed by atoms with Gasteiger partial charge in [-0.05, 0) is 54.4 Å². The molecule has 174 valence electrons. The van der Waals surface area contributed by atoms with Crippen molar-refractivity contribution in [1.29, 1.82) is 5.26 Å². The number of hydrogen-bond donors (Lipinski definition) is 3. The summed E-state index contributed by atoms with van der Waals surface area (Å²) in [6.07, 6.45) is 2.16. The maximum Gasteiger partial charge on any atom is 0.324 e. The molecule has 0 saturated carbocycles. The standard InChI is InChI=1S/C24H21Cl2N5O3/c25-18-4-1-3-16(11-18)12-23(32)28-9-2-10-34-21-7-6-19(26)13-20(21)30-24(33)31-22-8-5-17(14-27)15-29-22/h1,3-8,11,13,15H,2,9-10,12H2,(H,28,32)(H2,29,30,31,33). The molecule has 10 heteroatoms. The molecular weight excluding hydrogens is 477 g/mol. The molecular formula is C24H21Cl2N5O3. The summed E-state index contributed by atoms with van der Waals surface area (Å²) in [4.78, 5) is 28.4. The molecule has 0 aliphatic rings. The molecule has 0 aliphatic carbocycles. The van der Waals surface area contributed by atoms with Crippen LogP contribution in [0.15, 0.2) is 60.8 Å². The lowest BCUT2D eigenvalue weighted by molar-refractivity contribution is -0.120. The van der Waals surface area contributed by atoms with Crippen LogP contribution in [-0.4, -0.2) is 30.1 Å². The number of nitrogens with one attached hydrogen (secondary N) is 3. The van der Waals surface area contributed by atoms with Gasteiger partial charge in [-0.3, -0.25) is 10.1 Å². The van der Waals surface area contributed by atoms with E-state index >= 15 is 0 Å². The molecule has 3 amide bonds. The smallest absolute Gasteiger partial charge is 0.324 e. The van der Waals surface area contributed by atoms with Crippen molar-refractivity contribution in [2.24, 2.45) is 0 Å². The zero-order chi connectivity index (χ0) is 24.3. The van der Waals surface area contributed by atoms with Gasteiger partial charge in [-0.15, -0.1) is 0 Å². The van der Waals surface area contributed by atoms with Crippen molar-refractivity contribution in [1.82, 2.24) is 10.3 Å². The van der Waals surface area contributed by atoms with E-state index in [1.807, 2.05) is 12.1 Å². The summed E-state index contributed by atoms with van der Waals surface area (Å²) in [6.45, 7) is 0.743. The fourth-order valence-corrected chi connectivity index (χ4v) is 3.29. The number of nitriles is 1. The van der Waals surface area contributed by atoms with Crippen molar-refractivity contribution in [3.63, 3.8) is 0 Å². The van der Waals surface area contributed by atoms with Crippen molar-refractivity contribution in [2.75, 3.05) is 23.8 Å². The van der Waals surface area contributed by atoms with Crippen LogP contribution in [0.5, 0.6) is 5.75 Å². The van der Waals surface area contributed by atoms with E-state index in [2.05, 4.69) is 20.9 Å². The quantitative estimate of drug-likeness (QED) is 0.358. The predicted molar refractivity (Wildman–Crippen MR) is 131 cm³/mol. The van der Waals surface area contributed by atoms with Crippen LogP contribution >= 0.6 is 23.2 Å². The van der Waals surface area contributed by atoms with E-state index in [-0.39, 0.29) is 18.1 Å². The molecule has 1 heterocycles. The molecule has 3 N–H and O–H groups in total. The molecule has 0 spiro atoms. The van der Waals surface area contributed by atoms with Gasteiger partial charge >= 0.3 is 6.03 Å². The van der Waals surface area contributed by atoms with Crippen LogP contribution in [0.4, 0.5) is 16.3 Å². The molecule has 1 aromatic heterocycles. The third kappa shape index (κ3) is 7.96. The van der Waals surface area contributed by atoms with Gasteiger partial charge in [0.1, 0.15) is 17.6 Å². The largest absolute Gasteiger partial charge is 0.491 e. The minimum atomic E-state index is -0.544. The third-order valence-corrected chi connectivity index (χ3v) is 4.95. The Balaban J connectivity index is 1.46. The van der Waals surface area contributed by atoms with Crippen LogP contribution in [0.1, 0.15) is 17.5 Å². The van der Waals surface area contributed by atoms with Gasteiger partial charge in [0.2, 0.25) is 5.91 Å². The molecule has 0 aliphatic heterocycles. The van der Waals surface area contributed by atoms with Crippen LogP contribution in [0.25, 0.3) is 0 Å². The lowest BCUT2D eigenvalue weighted by Crippen LogP contribution is -2.27. The number of urea groups is 1. The van der Waals surface area contributed by atoms with Gasteiger partial charge in [-0.25, -0.2) is 9.78 Å². The normalized spacial score (nSPS) is 10.1. The maximum absolute atomic E-state index is 12.3. The molecule has 3 aromatic rings. The van der Waals surface area contributed by atoms with Crippen LogP contribution in [0.2, 0.25) is 10.0 Å². The van der Waals surface area contributed by atoms with Crippen molar-refractivity contribution in [2.45, 2.75) is 12.8 Å². The van der Waals surface area contributed by atoms with Crippen LogP contribution in [0, 0.1) is 11.3 Å². The monoisotopic (exact) mass is 497 g/mol. The van der Waals surface area contributed by atoms with Gasteiger partial charge < -0.3 is 15.4 Å².